The van der Waals surface area contributed by atoms with E-state index in [1.807, 2.05) is 29.6 Å². The van der Waals surface area contributed by atoms with Crippen molar-refractivity contribution in [3.05, 3.63) is 40.8 Å². The summed E-state index contributed by atoms with van der Waals surface area (Å²) < 4.78 is 0. The van der Waals surface area contributed by atoms with E-state index in [0.29, 0.717) is 0 Å². The van der Waals surface area contributed by atoms with Gasteiger partial charge in [-0.05, 0) is 24.3 Å². The number of amides is 1. The monoisotopic (exact) mass is 247 g/mol. The maximum absolute atomic E-state index is 10.8. The Hall–Kier alpha value is -1.88. The number of hydrogen-bond acceptors (Lipinski definition) is 4. The van der Waals surface area contributed by atoms with Gasteiger partial charge in [0.25, 0.3) is 0 Å². The van der Waals surface area contributed by atoms with Gasteiger partial charge in [-0.1, -0.05) is 0 Å². The summed E-state index contributed by atoms with van der Waals surface area (Å²) in [4.78, 5) is 15.0. The van der Waals surface area contributed by atoms with E-state index < -0.39 is 0 Å². The SMILES string of the molecule is CC(=O)Nc1ccc(NCc2nccs2)cc1. The molecule has 0 aliphatic carbocycles. The van der Waals surface area contributed by atoms with Crippen molar-refractivity contribution >= 4 is 28.6 Å². The predicted octanol–water partition coefficient (Wildman–Crippen LogP) is 2.71. The fraction of sp³-hybridized carbons (Fsp3) is 0.167. The van der Waals surface area contributed by atoms with Gasteiger partial charge in [-0.2, -0.15) is 0 Å². The van der Waals surface area contributed by atoms with Crippen LogP contribution in [0, 0.1) is 0 Å². The van der Waals surface area contributed by atoms with Gasteiger partial charge in [0.15, 0.2) is 0 Å². The summed E-state index contributed by atoms with van der Waals surface area (Å²) in [7, 11) is 0. The van der Waals surface area contributed by atoms with Crippen LogP contribution in [0.2, 0.25) is 0 Å². The predicted molar refractivity (Wildman–Crippen MR) is 70.2 cm³/mol. The standard InChI is InChI=1S/C12H13N3OS/c1-9(16)15-11-4-2-10(3-5-11)14-8-12-13-6-7-17-12/h2-7,14H,8H2,1H3,(H,15,16). The molecule has 5 heteroatoms. The van der Waals surface area contributed by atoms with E-state index in [2.05, 4.69) is 15.6 Å². The lowest BCUT2D eigenvalue weighted by molar-refractivity contribution is -0.114. The number of benzene rings is 1. The molecular formula is C12H13N3OS. The fourth-order valence-corrected chi connectivity index (χ4v) is 1.95. The first-order chi connectivity index (χ1) is 8.24. The average Bonchev–Trinajstić information content (AvgIpc) is 2.80. The van der Waals surface area contributed by atoms with Gasteiger partial charge < -0.3 is 10.6 Å². The van der Waals surface area contributed by atoms with Crippen molar-refractivity contribution < 1.29 is 4.79 Å². The highest BCUT2D eigenvalue weighted by Crippen LogP contribution is 2.15. The van der Waals surface area contributed by atoms with E-state index in [1.54, 1.807) is 17.5 Å². The number of aromatic nitrogens is 1. The molecule has 0 unspecified atom stereocenters. The van der Waals surface area contributed by atoms with Crippen LogP contribution in [-0.2, 0) is 11.3 Å². The van der Waals surface area contributed by atoms with Crippen LogP contribution < -0.4 is 10.6 Å². The van der Waals surface area contributed by atoms with Crippen LogP contribution in [0.25, 0.3) is 0 Å². The van der Waals surface area contributed by atoms with E-state index in [0.717, 1.165) is 22.9 Å². The second-order valence-corrected chi connectivity index (χ2v) is 4.52. The quantitative estimate of drug-likeness (QED) is 0.873. The number of anilines is 2. The summed E-state index contributed by atoms with van der Waals surface area (Å²) in [5, 5.41) is 8.99. The van der Waals surface area contributed by atoms with Crippen molar-refractivity contribution in [1.29, 1.82) is 0 Å². The highest BCUT2D eigenvalue weighted by atomic mass is 32.1. The first-order valence-corrected chi connectivity index (χ1v) is 6.12. The molecule has 2 aromatic rings. The van der Waals surface area contributed by atoms with Gasteiger partial charge in [-0.3, -0.25) is 4.79 Å². The van der Waals surface area contributed by atoms with Crippen LogP contribution in [0.3, 0.4) is 0 Å². The lowest BCUT2D eigenvalue weighted by Crippen LogP contribution is -2.05. The van der Waals surface area contributed by atoms with Crippen molar-refractivity contribution in [2.24, 2.45) is 0 Å². The van der Waals surface area contributed by atoms with Crippen LogP contribution >= 0.6 is 11.3 Å². The largest absolute Gasteiger partial charge is 0.379 e. The molecule has 1 aromatic carbocycles. The summed E-state index contributed by atoms with van der Waals surface area (Å²) in [5.74, 6) is -0.0616. The third-order valence-corrected chi connectivity index (χ3v) is 2.91. The second-order valence-electron chi connectivity index (χ2n) is 3.54. The number of nitrogens with zero attached hydrogens (tertiary/aromatic N) is 1. The third-order valence-electron chi connectivity index (χ3n) is 2.13. The Labute approximate surface area is 104 Å². The first kappa shape index (κ1) is 11.6. The molecule has 0 bridgehead atoms. The molecule has 1 heterocycles. The van der Waals surface area contributed by atoms with Crippen LogP contribution in [0.15, 0.2) is 35.8 Å². The molecule has 0 spiro atoms. The first-order valence-electron chi connectivity index (χ1n) is 5.24. The molecule has 4 nitrogen and oxygen atoms in total. The van der Waals surface area contributed by atoms with Crippen LogP contribution in [0.5, 0.6) is 0 Å². The number of nitrogens with one attached hydrogen (secondary N) is 2. The van der Waals surface area contributed by atoms with Gasteiger partial charge in [-0.15, -0.1) is 11.3 Å². The summed E-state index contributed by atoms with van der Waals surface area (Å²) in [6.45, 7) is 2.21. The van der Waals surface area contributed by atoms with E-state index in [4.69, 9.17) is 0 Å². The molecule has 88 valence electrons. The lowest BCUT2D eigenvalue weighted by atomic mass is 10.3. The molecule has 0 aliphatic heterocycles. The average molecular weight is 247 g/mol. The molecule has 0 atom stereocenters. The Bertz CT molecular complexity index is 479. The summed E-state index contributed by atoms with van der Waals surface area (Å²) in [6.07, 6.45) is 1.79. The van der Waals surface area contributed by atoms with Gasteiger partial charge in [0.1, 0.15) is 5.01 Å². The molecule has 0 aliphatic rings. The van der Waals surface area contributed by atoms with Crippen LogP contribution in [-0.4, -0.2) is 10.9 Å². The molecule has 0 fully saturated rings. The van der Waals surface area contributed by atoms with Crippen molar-refractivity contribution in [2.45, 2.75) is 13.5 Å². The topological polar surface area (TPSA) is 54.0 Å². The lowest BCUT2D eigenvalue weighted by Gasteiger charge is -2.06. The number of carbonyl (C=O) groups excluding carboxylic acids is 1. The Morgan fingerprint density at radius 1 is 1.29 bits per heavy atom. The zero-order valence-corrected chi connectivity index (χ0v) is 10.3. The molecule has 1 amide bonds. The van der Waals surface area contributed by atoms with Gasteiger partial charge >= 0.3 is 0 Å². The summed E-state index contributed by atoms with van der Waals surface area (Å²) in [6, 6.07) is 7.59. The number of hydrogen-bond donors (Lipinski definition) is 2. The highest BCUT2D eigenvalue weighted by molar-refractivity contribution is 7.09. The van der Waals surface area contributed by atoms with Gasteiger partial charge in [0, 0.05) is 29.9 Å². The fourth-order valence-electron chi connectivity index (χ4n) is 1.39. The Morgan fingerprint density at radius 3 is 2.59 bits per heavy atom. The van der Waals surface area contributed by atoms with E-state index in [-0.39, 0.29) is 5.91 Å². The second kappa shape index (κ2) is 5.45. The van der Waals surface area contributed by atoms with Crippen molar-refractivity contribution in [3.8, 4) is 0 Å². The zero-order chi connectivity index (χ0) is 12.1. The van der Waals surface area contributed by atoms with E-state index in [1.165, 1.54) is 6.92 Å². The molecular weight excluding hydrogens is 234 g/mol. The van der Waals surface area contributed by atoms with Crippen molar-refractivity contribution in [1.82, 2.24) is 4.98 Å². The van der Waals surface area contributed by atoms with Crippen molar-refractivity contribution in [2.75, 3.05) is 10.6 Å². The van der Waals surface area contributed by atoms with Crippen LogP contribution in [0.1, 0.15) is 11.9 Å². The summed E-state index contributed by atoms with van der Waals surface area (Å²) >= 11 is 1.62. The molecule has 0 radical (unpaired) electrons. The van der Waals surface area contributed by atoms with Crippen molar-refractivity contribution in [3.63, 3.8) is 0 Å². The van der Waals surface area contributed by atoms with Gasteiger partial charge in [0.05, 0.1) is 6.54 Å². The van der Waals surface area contributed by atoms with E-state index >= 15 is 0 Å². The minimum Gasteiger partial charge on any atom is -0.379 e. The van der Waals surface area contributed by atoms with Gasteiger partial charge in [0.2, 0.25) is 5.91 Å². The van der Waals surface area contributed by atoms with Crippen LogP contribution in [0.4, 0.5) is 11.4 Å². The molecule has 0 saturated carbocycles. The summed E-state index contributed by atoms with van der Waals surface area (Å²) in [5.41, 5.74) is 1.81. The maximum atomic E-state index is 10.8. The minimum atomic E-state index is -0.0616. The Morgan fingerprint density at radius 2 is 2.00 bits per heavy atom. The minimum absolute atomic E-state index is 0.0616. The smallest absolute Gasteiger partial charge is 0.221 e. The van der Waals surface area contributed by atoms with Gasteiger partial charge in [-0.25, -0.2) is 4.98 Å². The molecule has 2 rings (SSSR count). The maximum Gasteiger partial charge on any atom is 0.221 e. The number of rotatable bonds is 4. The zero-order valence-electron chi connectivity index (χ0n) is 9.43. The molecule has 1 aromatic heterocycles. The Balaban J connectivity index is 1.91. The third kappa shape index (κ3) is 3.57. The molecule has 17 heavy (non-hydrogen) atoms. The number of carbonyl (C=O) groups is 1. The van der Waals surface area contributed by atoms with E-state index in [9.17, 15) is 4.79 Å². The highest BCUT2D eigenvalue weighted by Gasteiger charge is 1.97. The normalized spacial score (nSPS) is 9.94. The molecule has 0 saturated heterocycles. The number of thiazole rings is 1. The molecule has 2 N–H and O–H groups in total. The Kier molecular flexibility index (Phi) is 3.72.